The molecule has 1 aliphatic rings. The Morgan fingerprint density at radius 2 is 1.53 bits per heavy atom. The van der Waals surface area contributed by atoms with E-state index in [-0.39, 0.29) is 67.9 Å². The molecule has 5 N–H and O–H groups in total. The van der Waals surface area contributed by atoms with Crippen molar-refractivity contribution < 1.29 is 95.8 Å². The monoisotopic (exact) mass is 336 g/mol. The smallest absolute Gasteiger partial charge is 1.00 e. The first-order valence-electron chi connectivity index (χ1n) is 5.31. The van der Waals surface area contributed by atoms with Crippen LogP contribution in [0, 0.1) is 11.8 Å². The van der Waals surface area contributed by atoms with Crippen LogP contribution in [0.5, 0.6) is 0 Å². The van der Waals surface area contributed by atoms with Gasteiger partial charge in [0.1, 0.15) is 0 Å². The Bertz CT molecular complexity index is 367. The average Bonchev–Trinajstić information content (AvgIpc) is 2.47. The number of rotatable bonds is 4. The molecule has 0 aromatic heterocycles. The zero-order valence-corrected chi connectivity index (χ0v) is 17.2. The van der Waals surface area contributed by atoms with E-state index in [0.29, 0.717) is 18.8 Å². The first kappa shape index (κ1) is 23.5. The molecule has 0 aromatic carbocycles. The molecule has 0 saturated heterocycles. The summed E-state index contributed by atoms with van der Waals surface area (Å²) >= 11 is 0. The summed E-state index contributed by atoms with van der Waals surface area (Å²) in [4.78, 5) is 35.9. The van der Waals surface area contributed by atoms with E-state index in [4.69, 9.17) is 19.6 Å². The predicted octanol–water partition coefficient (Wildman–Crippen LogP) is -4.95. The summed E-state index contributed by atoms with van der Waals surface area (Å²) in [6.07, 6.45) is 1.50. The maximum absolute atomic E-state index is 11.1. The summed E-state index contributed by atoms with van der Waals surface area (Å²) in [5.41, 5.74) is 0. The van der Waals surface area contributed by atoms with E-state index in [1.165, 1.54) is 0 Å². The van der Waals surface area contributed by atoms with Crippen molar-refractivity contribution in [3.63, 3.8) is 0 Å². The van der Waals surface area contributed by atoms with E-state index in [0.717, 1.165) is 6.42 Å². The topological polar surface area (TPSA) is 135 Å². The van der Waals surface area contributed by atoms with E-state index < -0.39 is 26.7 Å². The third-order valence-electron chi connectivity index (χ3n) is 3.30. The zero-order valence-electron chi connectivity index (χ0n) is 13.4. The molecule has 0 radical (unpaired) electrons. The summed E-state index contributed by atoms with van der Waals surface area (Å²) in [6.45, 7) is 1.95. The molecular weight excluding hydrogens is 316 g/mol. The summed E-state index contributed by atoms with van der Waals surface area (Å²) < 4.78 is 22.2. The minimum atomic E-state index is -5.29. The van der Waals surface area contributed by atoms with Crippen molar-refractivity contribution in [1.82, 2.24) is 0 Å². The third-order valence-corrected chi connectivity index (χ3v) is 7.09. The summed E-state index contributed by atoms with van der Waals surface area (Å²) in [5, 5.41) is 6.46. The van der Waals surface area contributed by atoms with Crippen LogP contribution in [0.2, 0.25) is 0 Å². The molecule has 19 heavy (non-hydrogen) atoms. The van der Waals surface area contributed by atoms with Gasteiger partial charge in [-0.2, -0.15) is 0 Å². The second kappa shape index (κ2) is 8.21. The second-order valence-corrected chi connectivity index (χ2v) is 8.86. The van der Waals surface area contributed by atoms with E-state index in [2.05, 4.69) is 0 Å². The van der Waals surface area contributed by atoms with E-state index in [1.807, 2.05) is 6.92 Å². The van der Waals surface area contributed by atoms with Gasteiger partial charge in [-0.1, -0.05) is 19.8 Å². The van der Waals surface area contributed by atoms with Gasteiger partial charge in [-0.3, -0.25) is 9.13 Å². The average molecular weight is 336 g/mol. The van der Waals surface area contributed by atoms with E-state index in [1.54, 1.807) is 0 Å². The van der Waals surface area contributed by atoms with Gasteiger partial charge in [0.05, 0.1) is 0 Å². The van der Waals surface area contributed by atoms with Crippen LogP contribution >= 0.6 is 15.2 Å². The van der Waals surface area contributed by atoms with E-state index in [9.17, 15) is 14.2 Å². The van der Waals surface area contributed by atoms with Gasteiger partial charge < -0.3 is 27.5 Å². The van der Waals surface area contributed by atoms with Crippen molar-refractivity contribution in [2.24, 2.45) is 11.8 Å². The quantitative estimate of drug-likeness (QED) is 0.256. The molecule has 11 heteroatoms. The van der Waals surface area contributed by atoms with Crippen molar-refractivity contribution in [2.75, 3.05) is 0 Å². The van der Waals surface area contributed by atoms with Crippen LogP contribution in [0.3, 0.4) is 0 Å². The van der Waals surface area contributed by atoms with Gasteiger partial charge in [-0.05, 0) is 18.3 Å². The Labute approximate surface area is 159 Å². The first-order valence-corrected chi connectivity index (χ1v) is 8.53. The van der Waals surface area contributed by atoms with Crippen LogP contribution < -0.4 is 59.1 Å². The number of hydrogen-bond donors (Lipinski definition) is 5. The maximum atomic E-state index is 11.1. The largest absolute Gasteiger partial charge is 1.00 e. The first-order chi connectivity index (χ1) is 7.47. The second-order valence-electron chi connectivity index (χ2n) is 4.85. The minimum absolute atomic E-state index is 0. The van der Waals surface area contributed by atoms with Gasteiger partial charge in [0, 0.05) is 6.42 Å². The Hall–Kier alpha value is 2.26. The fraction of sp³-hybridized carbons (Fsp3) is 1.00. The Morgan fingerprint density at radius 1 is 1.11 bits per heavy atom. The fourth-order valence-corrected chi connectivity index (χ4v) is 4.65. The van der Waals surface area contributed by atoms with Crippen molar-refractivity contribution in [1.29, 1.82) is 0 Å². The van der Waals surface area contributed by atoms with Gasteiger partial charge in [0.15, 0.2) is 0 Å². The fourth-order valence-electron chi connectivity index (χ4n) is 2.31. The van der Waals surface area contributed by atoms with Crippen molar-refractivity contribution in [2.45, 2.75) is 37.7 Å². The van der Waals surface area contributed by atoms with Crippen molar-refractivity contribution in [3.05, 3.63) is 0 Å². The van der Waals surface area contributed by atoms with Gasteiger partial charge in [-0.25, -0.2) is 0 Å². The molecular formula is C8H20Na2O7P2. The molecule has 2 atom stereocenters. The molecule has 2 unspecified atom stereocenters. The molecule has 0 aromatic rings. The molecule has 0 spiro atoms. The van der Waals surface area contributed by atoms with Crippen molar-refractivity contribution in [3.8, 4) is 0 Å². The van der Waals surface area contributed by atoms with Gasteiger partial charge in [-0.15, -0.1) is 0 Å². The zero-order chi connectivity index (χ0) is 13.5. The number of aliphatic hydroxyl groups is 1. The Kier molecular flexibility index (Phi) is 10.2. The maximum Gasteiger partial charge on any atom is 1.00 e. The van der Waals surface area contributed by atoms with Crippen LogP contribution in [-0.2, 0) is 9.13 Å². The summed E-state index contributed by atoms with van der Waals surface area (Å²) in [7, 11) is -10.6. The third kappa shape index (κ3) is 5.76. The molecule has 1 aliphatic carbocycles. The predicted molar refractivity (Wildman–Crippen MR) is 62.4 cm³/mol. The van der Waals surface area contributed by atoms with Crippen LogP contribution in [0.15, 0.2) is 0 Å². The molecule has 1 saturated carbocycles. The molecule has 0 bridgehead atoms. The SMILES string of the molecule is CC1CCC(CC(O)(P(=O)(O)O)P(=O)(O)O)C1.[H-].[H-].[Na+].[Na+]. The minimum Gasteiger partial charge on any atom is -1.00 e. The van der Waals surface area contributed by atoms with Gasteiger partial charge in [0.25, 0.3) is 5.08 Å². The van der Waals surface area contributed by atoms with Crippen molar-refractivity contribution >= 4 is 15.2 Å². The van der Waals surface area contributed by atoms with Crippen LogP contribution in [0.4, 0.5) is 0 Å². The Balaban J connectivity index is -0.000000361. The molecule has 0 aliphatic heterocycles. The molecule has 106 valence electrons. The van der Waals surface area contributed by atoms with Gasteiger partial charge in [0.2, 0.25) is 0 Å². The molecule has 1 fully saturated rings. The Morgan fingerprint density at radius 3 is 1.79 bits per heavy atom. The van der Waals surface area contributed by atoms with Gasteiger partial charge >= 0.3 is 74.3 Å². The van der Waals surface area contributed by atoms with Crippen LogP contribution in [-0.4, -0.2) is 29.8 Å². The van der Waals surface area contributed by atoms with E-state index >= 15 is 0 Å². The number of hydrogen-bond acceptors (Lipinski definition) is 3. The summed E-state index contributed by atoms with van der Waals surface area (Å²) in [5.74, 6) is 0.0769. The normalized spacial score (nSPS) is 24.5. The molecule has 7 nitrogen and oxygen atoms in total. The standard InChI is InChI=1S/C8H18O7P2.2Na.2H/c1-6-2-3-7(4-6)5-8(9,16(10,11)12)17(13,14)15;;;;/h6-7,9H,2-5H2,1H3,(H2,10,11,12)(H2,13,14,15);;;;/q;2*+1;2*-1. The molecule has 0 heterocycles. The molecule has 1 rings (SSSR count). The summed E-state index contributed by atoms with van der Waals surface area (Å²) in [6, 6.07) is 0. The van der Waals surface area contributed by atoms with Crippen LogP contribution in [0.25, 0.3) is 0 Å². The van der Waals surface area contributed by atoms with Crippen LogP contribution in [0.1, 0.15) is 35.5 Å². The molecule has 0 amide bonds.